The second kappa shape index (κ2) is 6.06. The van der Waals surface area contributed by atoms with E-state index >= 15 is 0 Å². The van der Waals surface area contributed by atoms with Gasteiger partial charge in [-0.05, 0) is 0 Å². The van der Waals surface area contributed by atoms with Gasteiger partial charge in [0.2, 0.25) is 0 Å². The molecule has 0 N–H and O–H groups in total. The van der Waals surface area contributed by atoms with E-state index in [0.29, 0.717) is 12.2 Å². The van der Waals surface area contributed by atoms with Crippen molar-refractivity contribution in [2.75, 3.05) is 26.4 Å². The van der Waals surface area contributed by atoms with Gasteiger partial charge in [-0.25, -0.2) is 0 Å². The minimum absolute atomic E-state index is 0.392. The lowest BCUT2D eigenvalue weighted by Gasteiger charge is -2.06. The van der Waals surface area contributed by atoms with Crippen LogP contribution in [-0.4, -0.2) is 56.8 Å². The van der Waals surface area contributed by atoms with E-state index in [0.717, 1.165) is 26.4 Å². The largest absolute Gasteiger partial charge is 0.459 e. The lowest BCUT2D eigenvalue weighted by atomic mass is 10.4. The number of Topliss-reactive ketones (excluding diaryl/α,β-unsaturated/α-hetero) is 1. The Balaban J connectivity index is 0.000000190. The van der Waals surface area contributed by atoms with E-state index in [1.807, 2.05) is 0 Å². The van der Waals surface area contributed by atoms with Crippen LogP contribution < -0.4 is 0 Å². The van der Waals surface area contributed by atoms with Crippen molar-refractivity contribution in [3.05, 3.63) is 0 Å². The molecule has 2 heterocycles. The molecule has 0 saturated carbocycles. The van der Waals surface area contributed by atoms with Crippen LogP contribution in [0.25, 0.3) is 0 Å². The highest BCUT2D eigenvalue weighted by atomic mass is 19.4. The van der Waals surface area contributed by atoms with E-state index in [1.54, 1.807) is 0 Å². The van der Waals surface area contributed by atoms with Crippen LogP contribution >= 0.6 is 0 Å². The van der Waals surface area contributed by atoms with Gasteiger partial charge in [0.1, 0.15) is 12.2 Å². The number of alkyl halides is 6. The Kier molecular flexibility index (Phi) is 5.16. The molecule has 0 aromatic rings. The molecule has 2 unspecified atom stereocenters. The molecule has 2 saturated heterocycles. The zero-order valence-corrected chi connectivity index (χ0v) is 9.38. The van der Waals surface area contributed by atoms with Crippen molar-refractivity contribution in [1.29, 1.82) is 0 Å². The zero-order chi connectivity index (χ0) is 14.7. The first-order valence-corrected chi connectivity index (χ1v) is 5.10. The van der Waals surface area contributed by atoms with E-state index < -0.39 is 18.1 Å². The van der Waals surface area contributed by atoms with Gasteiger partial charge in [0, 0.05) is 0 Å². The van der Waals surface area contributed by atoms with Crippen molar-refractivity contribution in [3.63, 3.8) is 0 Å². The normalized spacial score (nSPS) is 25.4. The lowest BCUT2D eigenvalue weighted by molar-refractivity contribution is -0.217. The van der Waals surface area contributed by atoms with Crippen LogP contribution in [0.1, 0.15) is 0 Å². The van der Waals surface area contributed by atoms with Gasteiger partial charge in [-0.2, -0.15) is 26.3 Å². The summed E-state index contributed by atoms with van der Waals surface area (Å²) in [6, 6.07) is 0. The fourth-order valence-electron chi connectivity index (χ4n) is 0.820. The Labute approximate surface area is 103 Å². The maximum atomic E-state index is 10.9. The molecule has 19 heavy (non-hydrogen) atoms. The van der Waals surface area contributed by atoms with Crippen molar-refractivity contribution < 1.29 is 45.3 Å². The molecule has 2 rings (SSSR count). The van der Waals surface area contributed by atoms with Crippen LogP contribution in [0.15, 0.2) is 0 Å². The third-order valence-corrected chi connectivity index (χ3v) is 1.93. The van der Waals surface area contributed by atoms with Gasteiger partial charge in [0.15, 0.2) is 0 Å². The van der Waals surface area contributed by atoms with Gasteiger partial charge in [-0.1, -0.05) is 0 Å². The minimum Gasteiger partial charge on any atom is -0.376 e. The first-order valence-electron chi connectivity index (χ1n) is 5.10. The molecule has 0 bridgehead atoms. The van der Waals surface area contributed by atoms with E-state index in [2.05, 4.69) is 0 Å². The first kappa shape index (κ1) is 16.2. The van der Waals surface area contributed by atoms with Crippen molar-refractivity contribution in [2.24, 2.45) is 0 Å². The first-order chi connectivity index (χ1) is 8.60. The number of ether oxygens (including phenoxy) is 3. The molecular weight excluding hydrogens is 286 g/mol. The molecule has 2 aliphatic rings. The molecule has 112 valence electrons. The lowest BCUT2D eigenvalue weighted by Crippen LogP contribution is -2.36. The predicted molar refractivity (Wildman–Crippen MR) is 47.4 cm³/mol. The molecule has 2 aliphatic heterocycles. The Bertz CT molecular complexity index is 277. The highest BCUT2D eigenvalue weighted by Gasteiger charge is 2.55. The van der Waals surface area contributed by atoms with Crippen molar-refractivity contribution in [3.8, 4) is 0 Å². The van der Waals surface area contributed by atoms with E-state index in [9.17, 15) is 31.1 Å². The molecule has 10 heteroatoms. The summed E-state index contributed by atoms with van der Waals surface area (Å²) in [6.07, 6.45) is -10.9. The van der Waals surface area contributed by atoms with Crippen LogP contribution in [-0.2, 0) is 19.0 Å². The predicted octanol–water partition coefficient (Wildman–Crippen LogP) is 1.48. The molecule has 0 aliphatic carbocycles. The molecule has 0 radical (unpaired) electrons. The fraction of sp³-hybridized carbons (Fsp3) is 0.889. The zero-order valence-electron chi connectivity index (χ0n) is 9.38. The number of hydrogen-bond acceptors (Lipinski definition) is 4. The smallest absolute Gasteiger partial charge is 0.376 e. The van der Waals surface area contributed by atoms with Crippen LogP contribution in [0.2, 0.25) is 0 Å². The number of rotatable bonds is 4. The average molecular weight is 296 g/mol. The van der Waals surface area contributed by atoms with Gasteiger partial charge < -0.3 is 14.2 Å². The van der Waals surface area contributed by atoms with E-state index in [1.165, 1.54) is 0 Å². The SMILES string of the molecule is C(OCC1CO1)C1CO1.O=C(C(F)(F)F)C(F)(F)F. The number of halogens is 6. The summed E-state index contributed by atoms with van der Waals surface area (Å²) >= 11 is 0. The van der Waals surface area contributed by atoms with Gasteiger partial charge in [0.05, 0.1) is 26.4 Å². The highest BCUT2D eigenvalue weighted by Crippen LogP contribution is 2.28. The molecule has 2 atom stereocenters. The van der Waals surface area contributed by atoms with Gasteiger partial charge >= 0.3 is 18.1 Å². The molecule has 0 amide bonds. The van der Waals surface area contributed by atoms with Gasteiger partial charge in [-0.15, -0.1) is 0 Å². The second-order valence-electron chi connectivity index (χ2n) is 3.77. The van der Waals surface area contributed by atoms with Gasteiger partial charge in [-0.3, -0.25) is 4.79 Å². The minimum atomic E-state index is -5.82. The quantitative estimate of drug-likeness (QED) is 0.582. The monoisotopic (exact) mass is 296 g/mol. The number of ketones is 1. The summed E-state index contributed by atoms with van der Waals surface area (Å²) in [4.78, 5) is 9.24. The van der Waals surface area contributed by atoms with Crippen LogP contribution in [0, 0.1) is 0 Å². The van der Waals surface area contributed by atoms with Crippen molar-refractivity contribution in [1.82, 2.24) is 0 Å². The maximum Gasteiger partial charge on any atom is 0.459 e. The average Bonchev–Trinajstić information content (AvgIpc) is 3.09. The van der Waals surface area contributed by atoms with E-state index in [4.69, 9.17) is 14.2 Å². The Morgan fingerprint density at radius 3 is 1.42 bits per heavy atom. The molecule has 0 spiro atoms. The van der Waals surface area contributed by atoms with Crippen LogP contribution in [0.5, 0.6) is 0 Å². The molecular formula is C9H10F6O4. The molecule has 0 aromatic heterocycles. The van der Waals surface area contributed by atoms with Crippen LogP contribution in [0.4, 0.5) is 26.3 Å². The van der Waals surface area contributed by atoms with Crippen LogP contribution in [0.3, 0.4) is 0 Å². The van der Waals surface area contributed by atoms with Crippen molar-refractivity contribution in [2.45, 2.75) is 24.6 Å². The molecule has 0 aromatic carbocycles. The summed E-state index contributed by atoms with van der Waals surface area (Å²) < 4.78 is 80.4. The van der Waals surface area contributed by atoms with E-state index in [-0.39, 0.29) is 0 Å². The second-order valence-corrected chi connectivity index (χ2v) is 3.77. The van der Waals surface area contributed by atoms with Gasteiger partial charge in [0.25, 0.3) is 0 Å². The molecule has 2 fully saturated rings. The topological polar surface area (TPSA) is 51.4 Å². The third-order valence-electron chi connectivity index (χ3n) is 1.93. The summed E-state index contributed by atoms with van der Waals surface area (Å²) in [6.45, 7) is 3.26. The summed E-state index contributed by atoms with van der Waals surface area (Å²) in [7, 11) is 0. The maximum absolute atomic E-state index is 10.9. The third kappa shape index (κ3) is 7.33. The Morgan fingerprint density at radius 2 is 1.26 bits per heavy atom. The Hall–Kier alpha value is -0.870. The number of hydrogen-bond donors (Lipinski definition) is 0. The fourth-order valence-corrected chi connectivity index (χ4v) is 0.820. The number of carbonyl (C=O) groups is 1. The number of epoxide rings is 2. The summed E-state index contributed by atoms with van der Waals surface area (Å²) in [5.41, 5.74) is 0. The summed E-state index contributed by atoms with van der Waals surface area (Å²) in [5.74, 6) is -3.68. The Morgan fingerprint density at radius 1 is 0.947 bits per heavy atom. The highest BCUT2D eigenvalue weighted by molar-refractivity contribution is 5.89. The van der Waals surface area contributed by atoms with Crippen molar-refractivity contribution >= 4 is 5.78 Å². The number of carbonyl (C=O) groups excluding carboxylic acids is 1. The standard InChI is InChI=1S/C6H10O3.C3F6O/c1(5-3-8-5)7-2-6-4-9-6;4-2(5,6)1(10)3(7,8)9/h5-6H,1-4H2;. The molecule has 4 nitrogen and oxygen atoms in total. The summed E-state index contributed by atoms with van der Waals surface area (Å²) in [5, 5.41) is 0.